The maximum absolute atomic E-state index is 5.24. The summed E-state index contributed by atoms with van der Waals surface area (Å²) in [5.41, 5.74) is 21.5. The molecule has 0 saturated carbocycles. The second-order valence-corrected chi connectivity index (χ2v) is 19.1. The van der Waals surface area contributed by atoms with Crippen LogP contribution < -0.4 is 0 Å². The van der Waals surface area contributed by atoms with Crippen LogP contribution in [-0.2, 0) is 0 Å². The minimum Gasteiger partial charge on any atom is -0.309 e. The Labute approximate surface area is 419 Å². The van der Waals surface area contributed by atoms with E-state index in [0.717, 1.165) is 61.3 Å². The van der Waals surface area contributed by atoms with Gasteiger partial charge in [0.1, 0.15) is 0 Å². The first-order valence-corrected chi connectivity index (χ1v) is 24.7. The van der Waals surface area contributed by atoms with Crippen molar-refractivity contribution in [1.82, 2.24) is 24.1 Å². The van der Waals surface area contributed by atoms with Crippen LogP contribution in [0.4, 0.5) is 0 Å². The molecule has 0 unspecified atom stereocenters. The van der Waals surface area contributed by atoms with Gasteiger partial charge >= 0.3 is 0 Å². The summed E-state index contributed by atoms with van der Waals surface area (Å²) in [4.78, 5) is 15.5. The zero-order valence-corrected chi connectivity index (χ0v) is 40.6. The number of aromatic nitrogens is 5. The summed E-state index contributed by atoms with van der Waals surface area (Å²) < 4.78 is 4.90. The van der Waals surface area contributed by atoms with Crippen molar-refractivity contribution in [3.8, 4) is 78.9 Å². The third kappa shape index (κ3) is 7.37. The van der Waals surface area contributed by atoms with Gasteiger partial charge in [-0.3, -0.25) is 0 Å². The van der Waals surface area contributed by atoms with Gasteiger partial charge in [0.05, 0.1) is 33.4 Å². The molecule has 3 aromatic heterocycles. The zero-order valence-electron chi connectivity index (χ0n) is 40.6. The van der Waals surface area contributed by atoms with Crippen LogP contribution in [0.25, 0.3) is 123 Å². The molecule has 5 heteroatoms. The van der Waals surface area contributed by atoms with Crippen molar-refractivity contribution < 1.29 is 0 Å². The second kappa shape index (κ2) is 17.3. The number of hydrogen-bond donors (Lipinski definition) is 0. The van der Waals surface area contributed by atoms with Crippen LogP contribution in [0.1, 0.15) is 22.3 Å². The van der Waals surface area contributed by atoms with Gasteiger partial charge < -0.3 is 9.13 Å². The van der Waals surface area contributed by atoms with Crippen molar-refractivity contribution in [3.05, 3.63) is 247 Å². The van der Waals surface area contributed by atoms with E-state index in [1.807, 2.05) is 36.4 Å². The topological polar surface area (TPSA) is 48.5 Å². The molecule has 342 valence electrons. The summed E-state index contributed by atoms with van der Waals surface area (Å²) in [7, 11) is 0. The Hall–Kier alpha value is -9.19. The van der Waals surface area contributed by atoms with E-state index >= 15 is 0 Å². The number of fused-ring (bicyclic) bond motifs is 6. The molecule has 0 saturated heterocycles. The number of para-hydroxylation sites is 3. The normalized spacial score (nSPS) is 11.6. The molecule has 0 aliphatic heterocycles. The van der Waals surface area contributed by atoms with Crippen molar-refractivity contribution >= 4 is 43.6 Å². The Balaban J connectivity index is 1.08. The molecule has 0 amide bonds. The molecular formula is C67H49N5. The van der Waals surface area contributed by atoms with Gasteiger partial charge in [-0.2, -0.15) is 0 Å². The highest BCUT2D eigenvalue weighted by Crippen LogP contribution is 2.43. The van der Waals surface area contributed by atoms with Gasteiger partial charge in [-0.15, -0.1) is 0 Å². The SMILES string of the molecule is Cc1cc(C)cc(-c2ccc3c(c2)c2ccccc2n3-c2ccccc2-c2ccc(-c3nc(-c4ccccc4)nc(-c4ccccc4)n3)cc2-n2c3ccccc3c3cc(-c4ccc(C)c(C)c4)ccc32)c1. The Morgan fingerprint density at radius 1 is 0.264 bits per heavy atom. The van der Waals surface area contributed by atoms with E-state index in [9.17, 15) is 0 Å². The molecule has 0 aliphatic carbocycles. The van der Waals surface area contributed by atoms with E-state index in [2.05, 4.69) is 225 Å². The van der Waals surface area contributed by atoms with Crippen LogP contribution in [0.5, 0.6) is 0 Å². The molecule has 3 heterocycles. The standard InChI is InChI=1S/C67H49N5/c1-42-35-43(2)37-52(36-42)50-31-34-62-58(40-50)54-22-12-15-25-60(54)71(62)59-24-14-11-21-53(59)56-32-29-51(67-69-65(46-17-7-5-8-18-46)68-66(70-67)47-19-9-6-10-20-47)41-64(56)72-61-26-16-13-23-55(61)57-39-49(30-33-63(57)72)48-28-27-44(3)45(4)38-48/h5-41H,1-4H3. The number of benzene rings is 10. The fourth-order valence-corrected chi connectivity index (χ4v) is 10.8. The van der Waals surface area contributed by atoms with Crippen LogP contribution in [0.3, 0.4) is 0 Å². The molecule has 72 heavy (non-hydrogen) atoms. The van der Waals surface area contributed by atoms with Gasteiger partial charge in [-0.05, 0) is 110 Å². The Bertz CT molecular complexity index is 4180. The number of nitrogens with zero attached hydrogens (tertiary/aromatic N) is 5. The van der Waals surface area contributed by atoms with Gasteiger partial charge in [0.15, 0.2) is 17.5 Å². The highest BCUT2D eigenvalue weighted by Gasteiger charge is 2.23. The van der Waals surface area contributed by atoms with E-state index in [0.29, 0.717) is 17.5 Å². The third-order valence-corrected chi connectivity index (χ3v) is 14.4. The first-order valence-electron chi connectivity index (χ1n) is 24.7. The highest BCUT2D eigenvalue weighted by molar-refractivity contribution is 6.13. The van der Waals surface area contributed by atoms with E-state index < -0.39 is 0 Å². The molecule has 13 rings (SSSR count). The van der Waals surface area contributed by atoms with E-state index in [-0.39, 0.29) is 0 Å². The summed E-state index contributed by atoms with van der Waals surface area (Å²) in [6, 6.07) is 81.1. The molecule has 0 spiro atoms. The molecule has 0 N–H and O–H groups in total. The third-order valence-electron chi connectivity index (χ3n) is 14.4. The van der Waals surface area contributed by atoms with Crippen molar-refractivity contribution in [2.75, 3.05) is 0 Å². The average molecular weight is 924 g/mol. The Kier molecular flexibility index (Phi) is 10.3. The van der Waals surface area contributed by atoms with E-state index in [1.165, 1.54) is 66.1 Å². The predicted molar refractivity (Wildman–Crippen MR) is 300 cm³/mol. The number of hydrogen-bond acceptors (Lipinski definition) is 3. The lowest BCUT2D eigenvalue weighted by molar-refractivity contribution is 1.07. The van der Waals surface area contributed by atoms with Crippen LogP contribution in [0, 0.1) is 27.7 Å². The van der Waals surface area contributed by atoms with E-state index in [4.69, 9.17) is 15.0 Å². The van der Waals surface area contributed by atoms with Crippen LogP contribution in [-0.4, -0.2) is 24.1 Å². The Morgan fingerprint density at radius 2 is 0.708 bits per heavy atom. The first-order chi connectivity index (χ1) is 35.3. The quantitative estimate of drug-likeness (QED) is 0.153. The average Bonchev–Trinajstić information content (AvgIpc) is 3.93. The molecule has 5 nitrogen and oxygen atoms in total. The van der Waals surface area contributed by atoms with Crippen LogP contribution in [0.15, 0.2) is 224 Å². The van der Waals surface area contributed by atoms with Gasteiger partial charge in [0.25, 0.3) is 0 Å². The predicted octanol–water partition coefficient (Wildman–Crippen LogP) is 17.3. The zero-order chi connectivity index (χ0) is 48.5. The molecule has 0 fully saturated rings. The molecular weight excluding hydrogens is 875 g/mol. The summed E-state index contributed by atoms with van der Waals surface area (Å²) in [5.74, 6) is 1.85. The lowest BCUT2D eigenvalue weighted by Crippen LogP contribution is -2.03. The van der Waals surface area contributed by atoms with Crippen molar-refractivity contribution in [2.24, 2.45) is 0 Å². The lowest BCUT2D eigenvalue weighted by atomic mass is 9.98. The molecule has 10 aromatic carbocycles. The van der Waals surface area contributed by atoms with Crippen LogP contribution in [0.2, 0.25) is 0 Å². The number of aryl methyl sites for hydroxylation is 4. The lowest BCUT2D eigenvalue weighted by Gasteiger charge is -2.20. The van der Waals surface area contributed by atoms with Crippen molar-refractivity contribution in [3.63, 3.8) is 0 Å². The Morgan fingerprint density at radius 3 is 1.31 bits per heavy atom. The van der Waals surface area contributed by atoms with Crippen LogP contribution >= 0.6 is 0 Å². The summed E-state index contributed by atoms with van der Waals surface area (Å²) in [6.45, 7) is 8.72. The minimum atomic E-state index is 0.601. The van der Waals surface area contributed by atoms with Crippen molar-refractivity contribution in [2.45, 2.75) is 27.7 Å². The smallest absolute Gasteiger partial charge is 0.164 e. The maximum Gasteiger partial charge on any atom is 0.164 e. The maximum atomic E-state index is 5.24. The fraction of sp³-hybridized carbons (Fsp3) is 0.0597. The van der Waals surface area contributed by atoms with Gasteiger partial charge in [-0.1, -0.05) is 187 Å². The minimum absolute atomic E-state index is 0.601. The molecule has 0 radical (unpaired) electrons. The summed E-state index contributed by atoms with van der Waals surface area (Å²) in [5, 5.41) is 4.80. The second-order valence-electron chi connectivity index (χ2n) is 19.1. The monoisotopic (exact) mass is 923 g/mol. The van der Waals surface area contributed by atoms with E-state index in [1.54, 1.807) is 0 Å². The summed E-state index contributed by atoms with van der Waals surface area (Å²) >= 11 is 0. The van der Waals surface area contributed by atoms with Gasteiger partial charge in [-0.25, -0.2) is 15.0 Å². The largest absolute Gasteiger partial charge is 0.309 e. The van der Waals surface area contributed by atoms with Gasteiger partial charge in [0, 0.05) is 49.4 Å². The van der Waals surface area contributed by atoms with Crippen molar-refractivity contribution in [1.29, 1.82) is 0 Å². The first kappa shape index (κ1) is 42.9. The molecule has 0 aliphatic rings. The molecule has 0 bridgehead atoms. The summed E-state index contributed by atoms with van der Waals surface area (Å²) in [6.07, 6.45) is 0. The molecule has 0 atom stereocenters. The fourth-order valence-electron chi connectivity index (χ4n) is 10.8. The highest BCUT2D eigenvalue weighted by atomic mass is 15.0. The molecule has 13 aromatic rings. The van der Waals surface area contributed by atoms with Gasteiger partial charge in [0.2, 0.25) is 0 Å². The number of rotatable bonds is 8.